The van der Waals surface area contributed by atoms with Gasteiger partial charge in [-0.05, 0) is 42.6 Å². The van der Waals surface area contributed by atoms with Crippen LogP contribution in [0.15, 0.2) is 23.4 Å². The molecule has 1 rings (SSSR count). The first-order chi connectivity index (χ1) is 11.9. The minimum Gasteiger partial charge on any atom is -0.400 e. The molecule has 0 amide bonds. The number of hydrogen-bond acceptors (Lipinski definition) is 4. The van der Waals surface area contributed by atoms with E-state index in [4.69, 9.17) is 11.5 Å². The Bertz CT molecular complexity index is 548. The number of aliphatic hydroxyl groups is 1. The molecule has 0 aliphatic heterocycles. The molecule has 4 heteroatoms. The first-order valence-corrected chi connectivity index (χ1v) is 10.1. The van der Waals surface area contributed by atoms with E-state index in [1.165, 1.54) is 0 Å². The summed E-state index contributed by atoms with van der Waals surface area (Å²) in [4.78, 5) is 12.8. The molecular formula is C22H40N2O2. The Morgan fingerprint density at radius 3 is 2.08 bits per heavy atom. The van der Waals surface area contributed by atoms with Gasteiger partial charge in [0.05, 0.1) is 11.6 Å². The second-order valence-electron chi connectivity index (χ2n) is 9.28. The fourth-order valence-corrected chi connectivity index (χ4v) is 3.90. The van der Waals surface area contributed by atoms with Crippen molar-refractivity contribution >= 4 is 5.78 Å². The molecule has 3 unspecified atom stereocenters. The monoisotopic (exact) mass is 364 g/mol. The highest BCUT2D eigenvalue weighted by Crippen LogP contribution is 2.46. The van der Waals surface area contributed by atoms with E-state index < -0.39 is 11.6 Å². The Kier molecular flexibility index (Phi) is 8.09. The number of allylic oxidation sites excluding steroid dienone is 1. The molecule has 0 bridgehead atoms. The Labute approximate surface area is 160 Å². The van der Waals surface area contributed by atoms with E-state index in [-0.39, 0.29) is 17.6 Å². The maximum Gasteiger partial charge on any atom is 0.165 e. The lowest BCUT2D eigenvalue weighted by molar-refractivity contribution is -0.116. The zero-order valence-corrected chi connectivity index (χ0v) is 17.6. The van der Waals surface area contributed by atoms with Gasteiger partial charge in [-0.25, -0.2) is 0 Å². The molecule has 0 saturated heterocycles. The van der Waals surface area contributed by atoms with E-state index in [1.54, 1.807) is 0 Å². The van der Waals surface area contributed by atoms with Crippen LogP contribution in [-0.4, -0.2) is 22.5 Å². The van der Waals surface area contributed by atoms with Crippen LogP contribution in [0.4, 0.5) is 0 Å². The van der Waals surface area contributed by atoms with E-state index in [2.05, 4.69) is 34.3 Å². The van der Waals surface area contributed by atoms with Gasteiger partial charge in [-0.1, -0.05) is 54.5 Å². The fraction of sp³-hybridized carbons (Fsp3) is 0.773. The second-order valence-corrected chi connectivity index (χ2v) is 9.28. The topological polar surface area (TPSA) is 89.3 Å². The molecule has 0 saturated carbocycles. The third-order valence-corrected chi connectivity index (χ3v) is 5.53. The van der Waals surface area contributed by atoms with Crippen molar-refractivity contribution in [2.75, 3.05) is 0 Å². The van der Waals surface area contributed by atoms with Crippen molar-refractivity contribution in [3.05, 3.63) is 23.4 Å². The minimum atomic E-state index is -1.09. The van der Waals surface area contributed by atoms with Crippen molar-refractivity contribution in [1.82, 2.24) is 0 Å². The number of ketones is 1. The summed E-state index contributed by atoms with van der Waals surface area (Å²) in [6.07, 6.45) is 2.83. The molecular weight excluding hydrogens is 324 g/mol. The molecule has 26 heavy (non-hydrogen) atoms. The van der Waals surface area contributed by atoms with Crippen LogP contribution < -0.4 is 11.5 Å². The van der Waals surface area contributed by atoms with Crippen LogP contribution in [0.5, 0.6) is 0 Å². The van der Waals surface area contributed by atoms with Gasteiger partial charge in [0.25, 0.3) is 0 Å². The van der Waals surface area contributed by atoms with Gasteiger partial charge in [0.2, 0.25) is 0 Å². The molecule has 0 aromatic heterocycles. The minimum absolute atomic E-state index is 0.000400. The van der Waals surface area contributed by atoms with E-state index in [9.17, 15) is 9.90 Å². The molecule has 3 atom stereocenters. The third-order valence-electron chi connectivity index (χ3n) is 5.53. The van der Waals surface area contributed by atoms with Gasteiger partial charge >= 0.3 is 0 Å². The highest BCUT2D eigenvalue weighted by molar-refractivity contribution is 6.01. The van der Waals surface area contributed by atoms with Gasteiger partial charge in [-0.15, -0.1) is 0 Å². The summed E-state index contributed by atoms with van der Waals surface area (Å²) >= 11 is 0. The summed E-state index contributed by atoms with van der Waals surface area (Å²) in [5.41, 5.74) is 13.7. The molecule has 5 N–H and O–H groups in total. The summed E-state index contributed by atoms with van der Waals surface area (Å²) in [5, 5.41) is 11.0. The van der Waals surface area contributed by atoms with E-state index in [1.807, 2.05) is 13.8 Å². The van der Waals surface area contributed by atoms with E-state index in [0.717, 1.165) is 24.8 Å². The SMILES string of the molecule is C=C1C(C(=O)CC(C)C)=C(N)C(N)(C(O)CCC(C)C)C1CCC(C)C. The van der Waals surface area contributed by atoms with E-state index in [0.29, 0.717) is 35.9 Å². The lowest BCUT2D eigenvalue weighted by Gasteiger charge is -2.38. The van der Waals surface area contributed by atoms with Crippen molar-refractivity contribution in [1.29, 1.82) is 0 Å². The fourth-order valence-electron chi connectivity index (χ4n) is 3.90. The van der Waals surface area contributed by atoms with Crippen LogP contribution in [0.25, 0.3) is 0 Å². The first-order valence-electron chi connectivity index (χ1n) is 10.1. The maximum atomic E-state index is 12.8. The van der Waals surface area contributed by atoms with Gasteiger partial charge < -0.3 is 16.6 Å². The van der Waals surface area contributed by atoms with Gasteiger partial charge in [0.1, 0.15) is 0 Å². The average Bonchev–Trinajstić information content (AvgIpc) is 2.69. The van der Waals surface area contributed by atoms with Gasteiger partial charge in [0, 0.05) is 23.6 Å². The number of carbonyl (C=O) groups is 1. The average molecular weight is 365 g/mol. The van der Waals surface area contributed by atoms with Crippen LogP contribution in [-0.2, 0) is 4.79 Å². The maximum absolute atomic E-state index is 12.8. The van der Waals surface area contributed by atoms with Crippen LogP contribution in [0, 0.1) is 23.7 Å². The van der Waals surface area contributed by atoms with Crippen molar-refractivity contribution in [2.24, 2.45) is 35.1 Å². The summed E-state index contributed by atoms with van der Waals surface area (Å²) in [5.74, 6) is 1.04. The number of carbonyl (C=O) groups excluding carboxylic acids is 1. The molecule has 0 aromatic rings. The largest absolute Gasteiger partial charge is 0.400 e. The highest BCUT2D eigenvalue weighted by Gasteiger charge is 2.52. The number of aliphatic hydroxyl groups excluding tert-OH is 1. The summed E-state index contributed by atoms with van der Waals surface area (Å²) < 4.78 is 0. The van der Waals surface area contributed by atoms with Crippen molar-refractivity contribution in [3.8, 4) is 0 Å². The molecule has 1 aliphatic carbocycles. The van der Waals surface area contributed by atoms with Crippen molar-refractivity contribution in [2.45, 2.75) is 85.3 Å². The third kappa shape index (κ3) is 4.98. The summed E-state index contributed by atoms with van der Waals surface area (Å²) in [6, 6.07) is 0. The Morgan fingerprint density at radius 1 is 1.08 bits per heavy atom. The second kappa shape index (κ2) is 9.18. The number of Topliss-reactive ketones (excluding diaryl/α,β-unsaturated/α-hetero) is 1. The molecule has 0 heterocycles. The van der Waals surface area contributed by atoms with Gasteiger partial charge in [-0.3, -0.25) is 4.79 Å². The van der Waals surface area contributed by atoms with Crippen molar-refractivity contribution < 1.29 is 9.90 Å². The molecule has 0 aromatic carbocycles. The lowest BCUT2D eigenvalue weighted by Crippen LogP contribution is -2.58. The first kappa shape index (κ1) is 22.9. The lowest BCUT2D eigenvalue weighted by atomic mass is 9.75. The zero-order chi connectivity index (χ0) is 20.2. The zero-order valence-electron chi connectivity index (χ0n) is 17.6. The predicted molar refractivity (Wildman–Crippen MR) is 109 cm³/mol. The van der Waals surface area contributed by atoms with Crippen LogP contribution in [0.1, 0.15) is 73.6 Å². The number of nitrogens with two attached hydrogens (primary N) is 2. The van der Waals surface area contributed by atoms with Crippen LogP contribution in [0.2, 0.25) is 0 Å². The molecule has 0 spiro atoms. The number of hydrogen-bond donors (Lipinski definition) is 3. The smallest absolute Gasteiger partial charge is 0.165 e. The number of rotatable bonds is 10. The van der Waals surface area contributed by atoms with Gasteiger partial charge in [-0.2, -0.15) is 0 Å². The molecule has 0 fully saturated rings. The summed E-state index contributed by atoms with van der Waals surface area (Å²) in [7, 11) is 0. The highest BCUT2D eigenvalue weighted by atomic mass is 16.3. The Balaban J connectivity index is 3.24. The van der Waals surface area contributed by atoms with Crippen LogP contribution >= 0.6 is 0 Å². The Hall–Kier alpha value is -1.13. The molecule has 150 valence electrons. The molecule has 4 nitrogen and oxygen atoms in total. The van der Waals surface area contributed by atoms with Crippen LogP contribution in [0.3, 0.4) is 0 Å². The normalized spacial score (nSPS) is 25.0. The Morgan fingerprint density at radius 2 is 1.62 bits per heavy atom. The molecule has 0 radical (unpaired) electrons. The van der Waals surface area contributed by atoms with Crippen molar-refractivity contribution in [3.63, 3.8) is 0 Å². The molecule has 1 aliphatic rings. The summed E-state index contributed by atoms with van der Waals surface area (Å²) in [6.45, 7) is 16.8. The standard InChI is InChI=1S/C22H40N2O2/c1-13(2)8-10-17-16(7)20(18(25)12-15(5)6)21(23)22(17,24)19(26)11-9-14(3)4/h13-15,17,19,26H,7-12,23-24H2,1-6H3. The quantitative estimate of drug-likeness (QED) is 0.548. The predicted octanol–water partition coefficient (Wildman–Crippen LogP) is 3.93. The van der Waals surface area contributed by atoms with Gasteiger partial charge in [0.15, 0.2) is 5.78 Å². The van der Waals surface area contributed by atoms with E-state index >= 15 is 0 Å².